The molecule has 0 aromatic carbocycles. The Kier molecular flexibility index (Phi) is 2.37. The number of carboxylic acids is 2. The third kappa shape index (κ3) is 1.29. The molecule has 0 radical (unpaired) electrons. The average molecular weight is 222 g/mol. The molecule has 2 rings (SSSR count). The summed E-state index contributed by atoms with van der Waals surface area (Å²) in [6.07, 6.45) is 3.68. The molecule has 0 amide bonds. The molecule has 0 heterocycles. The summed E-state index contributed by atoms with van der Waals surface area (Å²) in [6.45, 7) is 3.82. The smallest absolute Gasteiger partial charge is 0.308 e. The standard InChI is InChI=1S/C12H14O4/c1-5(2)8-6-3-4-7(8)10(12(15)16)9(6)11(13)14/h3-4,6-7,9-10H,1-2H3,(H,13,14)(H,15,16)/t6-,7-,9-,10-/m1/s1. The van der Waals surface area contributed by atoms with Gasteiger partial charge in [0.05, 0.1) is 11.8 Å². The lowest BCUT2D eigenvalue weighted by Gasteiger charge is -2.19. The summed E-state index contributed by atoms with van der Waals surface area (Å²) in [4.78, 5) is 22.3. The van der Waals surface area contributed by atoms with Gasteiger partial charge in [-0.25, -0.2) is 0 Å². The number of aliphatic carboxylic acids is 2. The molecule has 0 aromatic heterocycles. The minimum atomic E-state index is -1.01. The van der Waals surface area contributed by atoms with Gasteiger partial charge in [-0.15, -0.1) is 0 Å². The zero-order chi connectivity index (χ0) is 12.0. The zero-order valence-corrected chi connectivity index (χ0v) is 9.18. The predicted octanol–water partition coefficient (Wildman–Crippen LogP) is 1.54. The summed E-state index contributed by atoms with van der Waals surface area (Å²) >= 11 is 0. The SMILES string of the molecule is CC(C)=C1[C@H]2C=C[C@H]1[C@@H](C(=O)O)[C@@H]2C(=O)O. The van der Waals surface area contributed by atoms with Crippen molar-refractivity contribution < 1.29 is 19.8 Å². The summed E-state index contributed by atoms with van der Waals surface area (Å²) in [7, 11) is 0. The van der Waals surface area contributed by atoms with Crippen molar-refractivity contribution in [3.8, 4) is 0 Å². The number of carbonyl (C=O) groups is 2. The summed E-state index contributed by atoms with van der Waals surface area (Å²) in [5.41, 5.74) is 2.02. The van der Waals surface area contributed by atoms with E-state index in [4.69, 9.17) is 10.2 Å². The quantitative estimate of drug-likeness (QED) is 0.695. The van der Waals surface area contributed by atoms with Crippen molar-refractivity contribution in [3.05, 3.63) is 23.3 Å². The molecule has 86 valence electrons. The molecular weight excluding hydrogens is 208 g/mol. The largest absolute Gasteiger partial charge is 0.481 e. The Balaban J connectivity index is 2.50. The van der Waals surface area contributed by atoms with Crippen molar-refractivity contribution in [1.29, 1.82) is 0 Å². The molecule has 1 saturated carbocycles. The third-order valence-corrected chi connectivity index (χ3v) is 3.55. The fourth-order valence-electron chi connectivity index (χ4n) is 3.02. The Labute approximate surface area is 93.3 Å². The number of hydrogen-bond donors (Lipinski definition) is 2. The van der Waals surface area contributed by atoms with Crippen LogP contribution in [0.3, 0.4) is 0 Å². The van der Waals surface area contributed by atoms with E-state index in [9.17, 15) is 9.59 Å². The summed E-state index contributed by atoms with van der Waals surface area (Å²) < 4.78 is 0. The monoisotopic (exact) mass is 222 g/mol. The van der Waals surface area contributed by atoms with E-state index >= 15 is 0 Å². The van der Waals surface area contributed by atoms with Gasteiger partial charge in [0.25, 0.3) is 0 Å². The second-order valence-electron chi connectivity index (χ2n) is 4.62. The van der Waals surface area contributed by atoms with Gasteiger partial charge < -0.3 is 10.2 Å². The maximum absolute atomic E-state index is 11.2. The van der Waals surface area contributed by atoms with Crippen LogP contribution in [-0.4, -0.2) is 22.2 Å². The van der Waals surface area contributed by atoms with Crippen LogP contribution in [0.5, 0.6) is 0 Å². The Morgan fingerprint density at radius 3 is 1.62 bits per heavy atom. The summed E-state index contributed by atoms with van der Waals surface area (Å²) in [6, 6.07) is 0. The average Bonchev–Trinajstić information content (AvgIpc) is 2.70. The lowest BCUT2D eigenvalue weighted by atomic mass is 9.83. The van der Waals surface area contributed by atoms with Crippen LogP contribution >= 0.6 is 0 Å². The number of allylic oxidation sites excluding steroid dienone is 4. The van der Waals surface area contributed by atoms with Crippen LogP contribution in [-0.2, 0) is 9.59 Å². The molecule has 4 atom stereocenters. The van der Waals surface area contributed by atoms with Crippen molar-refractivity contribution in [2.75, 3.05) is 0 Å². The first-order chi connectivity index (χ1) is 7.45. The van der Waals surface area contributed by atoms with Crippen molar-refractivity contribution in [2.45, 2.75) is 13.8 Å². The van der Waals surface area contributed by atoms with Crippen LogP contribution in [0.15, 0.2) is 23.3 Å². The first-order valence-electron chi connectivity index (χ1n) is 5.26. The van der Waals surface area contributed by atoms with Crippen molar-refractivity contribution >= 4 is 11.9 Å². The number of fused-ring (bicyclic) bond motifs is 2. The molecule has 2 aliphatic rings. The molecule has 0 unspecified atom stereocenters. The van der Waals surface area contributed by atoms with Crippen LogP contribution in [0.1, 0.15) is 13.8 Å². The normalized spacial score (nSPS) is 35.5. The van der Waals surface area contributed by atoms with Crippen LogP contribution in [0.4, 0.5) is 0 Å². The molecule has 2 N–H and O–H groups in total. The highest BCUT2D eigenvalue weighted by Gasteiger charge is 2.55. The maximum atomic E-state index is 11.2. The Bertz CT molecular complexity index is 383. The van der Waals surface area contributed by atoms with Crippen LogP contribution in [0.25, 0.3) is 0 Å². The molecular formula is C12H14O4. The van der Waals surface area contributed by atoms with Gasteiger partial charge >= 0.3 is 11.9 Å². The van der Waals surface area contributed by atoms with Crippen LogP contribution in [0, 0.1) is 23.7 Å². The van der Waals surface area contributed by atoms with E-state index in [1.165, 1.54) is 0 Å². The van der Waals surface area contributed by atoms with Gasteiger partial charge in [-0.1, -0.05) is 23.3 Å². The minimum Gasteiger partial charge on any atom is -0.481 e. The van der Waals surface area contributed by atoms with Gasteiger partial charge in [0.2, 0.25) is 0 Å². The maximum Gasteiger partial charge on any atom is 0.308 e. The Morgan fingerprint density at radius 1 is 1.00 bits per heavy atom. The van der Waals surface area contributed by atoms with Crippen LogP contribution < -0.4 is 0 Å². The molecule has 0 spiro atoms. The van der Waals surface area contributed by atoms with Gasteiger partial charge in [-0.3, -0.25) is 9.59 Å². The first-order valence-corrected chi connectivity index (χ1v) is 5.26. The van der Waals surface area contributed by atoms with Crippen molar-refractivity contribution in [1.82, 2.24) is 0 Å². The van der Waals surface area contributed by atoms with E-state index in [-0.39, 0.29) is 11.8 Å². The molecule has 2 aliphatic carbocycles. The lowest BCUT2D eigenvalue weighted by Crippen LogP contribution is -2.32. The molecule has 0 saturated heterocycles. The number of rotatable bonds is 2. The first kappa shape index (κ1) is 10.9. The lowest BCUT2D eigenvalue weighted by molar-refractivity contribution is -0.154. The highest BCUT2D eigenvalue weighted by molar-refractivity contribution is 5.84. The highest BCUT2D eigenvalue weighted by atomic mass is 16.4. The van der Waals surface area contributed by atoms with Gasteiger partial charge in [0.1, 0.15) is 0 Å². The van der Waals surface area contributed by atoms with E-state index in [0.29, 0.717) is 0 Å². The number of carboxylic acid groups (broad SMARTS) is 2. The zero-order valence-electron chi connectivity index (χ0n) is 9.18. The van der Waals surface area contributed by atoms with E-state index in [1.807, 2.05) is 26.0 Å². The van der Waals surface area contributed by atoms with Crippen molar-refractivity contribution in [3.63, 3.8) is 0 Å². The topological polar surface area (TPSA) is 74.6 Å². The van der Waals surface area contributed by atoms with E-state index in [2.05, 4.69) is 0 Å². The molecule has 1 fully saturated rings. The van der Waals surface area contributed by atoms with E-state index < -0.39 is 23.8 Å². The molecule has 4 heteroatoms. The Morgan fingerprint density at radius 2 is 1.38 bits per heavy atom. The third-order valence-electron chi connectivity index (χ3n) is 3.55. The van der Waals surface area contributed by atoms with Crippen molar-refractivity contribution in [2.24, 2.45) is 23.7 Å². The fourth-order valence-corrected chi connectivity index (χ4v) is 3.02. The molecule has 0 aromatic rings. The fraction of sp³-hybridized carbons (Fsp3) is 0.500. The second kappa shape index (κ2) is 3.47. The highest BCUT2D eigenvalue weighted by Crippen LogP contribution is 2.53. The molecule has 2 bridgehead atoms. The van der Waals surface area contributed by atoms with Crippen LogP contribution in [0.2, 0.25) is 0 Å². The van der Waals surface area contributed by atoms with Gasteiger partial charge in [-0.05, 0) is 13.8 Å². The van der Waals surface area contributed by atoms with Gasteiger partial charge in [0, 0.05) is 11.8 Å². The predicted molar refractivity (Wildman–Crippen MR) is 56.7 cm³/mol. The minimum absolute atomic E-state index is 0.228. The molecule has 0 aliphatic heterocycles. The van der Waals surface area contributed by atoms with E-state index in [0.717, 1.165) is 11.1 Å². The Hall–Kier alpha value is -1.58. The van der Waals surface area contributed by atoms with Gasteiger partial charge in [0.15, 0.2) is 0 Å². The molecule has 16 heavy (non-hydrogen) atoms. The number of hydrogen-bond acceptors (Lipinski definition) is 2. The summed E-state index contributed by atoms with van der Waals surface area (Å²) in [5, 5.41) is 18.3. The van der Waals surface area contributed by atoms with E-state index in [1.54, 1.807) is 0 Å². The summed E-state index contributed by atoms with van der Waals surface area (Å²) in [5.74, 6) is -4.09. The van der Waals surface area contributed by atoms with Gasteiger partial charge in [-0.2, -0.15) is 0 Å². The molecule has 4 nitrogen and oxygen atoms in total. The second-order valence-corrected chi connectivity index (χ2v) is 4.62.